The van der Waals surface area contributed by atoms with Crippen LogP contribution in [0.5, 0.6) is 0 Å². The Balaban J connectivity index is 1.41. The van der Waals surface area contributed by atoms with Gasteiger partial charge in [-0.15, -0.1) is 0 Å². The van der Waals surface area contributed by atoms with Crippen LogP contribution in [0.1, 0.15) is 118 Å². The number of aliphatic imine (C=N–C) groups is 1. The quantitative estimate of drug-likeness (QED) is 0.336. The summed E-state index contributed by atoms with van der Waals surface area (Å²) in [5.74, 6) is 1.70. The van der Waals surface area contributed by atoms with Crippen LogP contribution < -0.4 is 5.30 Å². The fourth-order valence-corrected chi connectivity index (χ4v) is 12.0. The van der Waals surface area contributed by atoms with Crippen molar-refractivity contribution in [3.63, 3.8) is 0 Å². The van der Waals surface area contributed by atoms with Gasteiger partial charge in [0, 0.05) is 11.1 Å². The summed E-state index contributed by atoms with van der Waals surface area (Å²) in [6.07, 6.45) is 20.3. The van der Waals surface area contributed by atoms with E-state index in [1.165, 1.54) is 102 Å². The first-order valence-corrected chi connectivity index (χ1v) is 17.5. The predicted molar refractivity (Wildman–Crippen MR) is 166 cm³/mol. The van der Waals surface area contributed by atoms with Crippen molar-refractivity contribution in [3.8, 4) is 0 Å². The first-order valence-electron chi connectivity index (χ1n) is 16.0. The number of benzene rings is 2. The Hall–Kier alpha value is -1.99. The SMILES string of the molecule is Cc1ccccc1C(=O)N1C(c2ccccc2P(C2CCCCC2)C2CCCCC2)=NC[C@H]1C1CCCCC1. The second-order valence-electron chi connectivity index (χ2n) is 12.6. The van der Waals surface area contributed by atoms with Crippen molar-refractivity contribution < 1.29 is 4.79 Å². The molecule has 208 valence electrons. The smallest absolute Gasteiger partial charge is 0.260 e. The largest absolute Gasteiger partial charge is 0.287 e. The molecule has 0 spiro atoms. The number of rotatable bonds is 6. The number of amides is 1. The molecule has 6 rings (SSSR count). The Morgan fingerprint density at radius 2 is 1.31 bits per heavy atom. The highest BCUT2D eigenvalue weighted by Crippen LogP contribution is 2.55. The molecule has 3 nitrogen and oxygen atoms in total. The molecule has 0 aromatic heterocycles. The van der Waals surface area contributed by atoms with Crippen molar-refractivity contribution in [3.05, 3.63) is 65.2 Å². The molecule has 0 radical (unpaired) electrons. The summed E-state index contributed by atoms with van der Waals surface area (Å²) in [4.78, 5) is 21.9. The van der Waals surface area contributed by atoms with Gasteiger partial charge < -0.3 is 0 Å². The first kappa shape index (κ1) is 27.2. The van der Waals surface area contributed by atoms with Crippen molar-refractivity contribution in [2.24, 2.45) is 10.9 Å². The Bertz CT molecular complexity index is 1140. The average molecular weight is 543 g/mol. The molecule has 4 heteroatoms. The van der Waals surface area contributed by atoms with E-state index in [1.807, 2.05) is 18.2 Å². The lowest BCUT2D eigenvalue weighted by molar-refractivity contribution is 0.0765. The topological polar surface area (TPSA) is 32.7 Å². The standard InChI is InChI=1S/C35H47N2OP/c1-26-15-11-12-22-30(26)35(38)37-32(27-16-5-2-6-17-27)25-36-34(37)31-23-13-14-24-33(31)39(28-18-7-3-8-19-28)29-20-9-4-10-21-29/h11-15,22-24,27-29,32H,2-10,16-21,25H2,1H3/t32-/m0/s1. The number of carbonyl (C=O) groups is 1. The number of carbonyl (C=O) groups excluding carboxylic acids is 1. The van der Waals surface area contributed by atoms with Gasteiger partial charge in [0.1, 0.15) is 5.84 Å². The summed E-state index contributed by atoms with van der Waals surface area (Å²) >= 11 is 0. The van der Waals surface area contributed by atoms with Crippen LogP contribution in [-0.2, 0) is 0 Å². The van der Waals surface area contributed by atoms with Gasteiger partial charge in [-0.25, -0.2) is 0 Å². The molecule has 1 amide bonds. The minimum atomic E-state index is -0.275. The summed E-state index contributed by atoms with van der Waals surface area (Å²) in [7, 11) is -0.275. The lowest BCUT2D eigenvalue weighted by Crippen LogP contribution is -2.47. The third kappa shape index (κ3) is 5.76. The van der Waals surface area contributed by atoms with Crippen LogP contribution in [0.15, 0.2) is 53.5 Å². The molecule has 3 saturated carbocycles. The predicted octanol–water partition coefficient (Wildman–Crippen LogP) is 8.62. The Morgan fingerprint density at radius 1 is 0.744 bits per heavy atom. The van der Waals surface area contributed by atoms with Crippen molar-refractivity contribution >= 4 is 25.0 Å². The van der Waals surface area contributed by atoms with E-state index in [1.54, 1.807) is 5.30 Å². The van der Waals surface area contributed by atoms with Gasteiger partial charge in [-0.2, -0.15) is 0 Å². The molecule has 0 bridgehead atoms. The monoisotopic (exact) mass is 542 g/mol. The zero-order valence-corrected chi connectivity index (χ0v) is 24.9. The van der Waals surface area contributed by atoms with E-state index in [0.717, 1.165) is 34.8 Å². The molecule has 1 heterocycles. The van der Waals surface area contributed by atoms with Crippen LogP contribution in [0.3, 0.4) is 0 Å². The Labute approximate surface area is 237 Å². The molecule has 0 N–H and O–H groups in total. The second-order valence-corrected chi connectivity index (χ2v) is 15.4. The van der Waals surface area contributed by atoms with E-state index < -0.39 is 0 Å². The molecule has 4 aliphatic rings. The molecule has 2 aromatic carbocycles. The number of aryl methyl sites for hydroxylation is 1. The number of hydrogen-bond donors (Lipinski definition) is 0. The Morgan fingerprint density at radius 3 is 1.95 bits per heavy atom. The van der Waals surface area contributed by atoms with Gasteiger partial charge in [-0.3, -0.25) is 14.7 Å². The second kappa shape index (κ2) is 12.7. The van der Waals surface area contributed by atoms with Crippen LogP contribution in [0, 0.1) is 12.8 Å². The summed E-state index contributed by atoms with van der Waals surface area (Å²) in [5.41, 5.74) is 4.84. The average Bonchev–Trinajstić information content (AvgIpc) is 3.44. The van der Waals surface area contributed by atoms with E-state index in [4.69, 9.17) is 4.99 Å². The molecule has 0 saturated heterocycles. The third-order valence-corrected chi connectivity index (χ3v) is 13.7. The van der Waals surface area contributed by atoms with Gasteiger partial charge in [0.25, 0.3) is 5.91 Å². The van der Waals surface area contributed by atoms with Crippen LogP contribution in [0.4, 0.5) is 0 Å². The van der Waals surface area contributed by atoms with Gasteiger partial charge in [0.05, 0.1) is 12.6 Å². The van der Waals surface area contributed by atoms with Gasteiger partial charge in [0.2, 0.25) is 0 Å². The lowest BCUT2D eigenvalue weighted by Gasteiger charge is -2.40. The summed E-state index contributed by atoms with van der Waals surface area (Å²) < 4.78 is 0. The fourth-order valence-electron chi connectivity index (χ4n) is 8.08. The van der Waals surface area contributed by atoms with Crippen molar-refractivity contribution in [1.82, 2.24) is 4.90 Å². The summed E-state index contributed by atoms with van der Waals surface area (Å²) in [5, 5.41) is 1.55. The highest BCUT2D eigenvalue weighted by atomic mass is 31.1. The van der Waals surface area contributed by atoms with E-state index in [-0.39, 0.29) is 19.9 Å². The van der Waals surface area contributed by atoms with E-state index in [0.29, 0.717) is 5.92 Å². The van der Waals surface area contributed by atoms with Crippen molar-refractivity contribution in [2.45, 2.75) is 121 Å². The molecule has 39 heavy (non-hydrogen) atoms. The van der Waals surface area contributed by atoms with E-state index in [9.17, 15) is 4.79 Å². The van der Waals surface area contributed by atoms with Gasteiger partial charge in [-0.1, -0.05) is 108 Å². The molecule has 1 aliphatic heterocycles. The zero-order chi connectivity index (χ0) is 26.6. The van der Waals surface area contributed by atoms with E-state index in [2.05, 4.69) is 42.2 Å². The molecule has 1 atom stereocenters. The third-order valence-electron chi connectivity index (χ3n) is 10.1. The van der Waals surface area contributed by atoms with Gasteiger partial charge >= 0.3 is 0 Å². The molecule has 3 aliphatic carbocycles. The number of nitrogens with zero attached hydrogens (tertiary/aromatic N) is 2. The molecule has 2 aromatic rings. The summed E-state index contributed by atoms with van der Waals surface area (Å²) in [6.45, 7) is 2.84. The summed E-state index contributed by atoms with van der Waals surface area (Å²) in [6, 6.07) is 17.6. The first-order chi connectivity index (χ1) is 19.2. The molecule has 3 fully saturated rings. The van der Waals surface area contributed by atoms with Crippen molar-refractivity contribution in [1.29, 1.82) is 0 Å². The van der Waals surface area contributed by atoms with Crippen LogP contribution >= 0.6 is 7.92 Å². The highest BCUT2D eigenvalue weighted by molar-refractivity contribution is 7.67. The van der Waals surface area contributed by atoms with Crippen LogP contribution in [0.25, 0.3) is 0 Å². The highest BCUT2D eigenvalue weighted by Gasteiger charge is 2.42. The number of hydrogen-bond acceptors (Lipinski definition) is 2. The molecular formula is C35H47N2OP. The number of amidine groups is 1. The lowest BCUT2D eigenvalue weighted by atomic mass is 9.83. The van der Waals surface area contributed by atoms with Gasteiger partial charge in [0.15, 0.2) is 0 Å². The van der Waals surface area contributed by atoms with E-state index >= 15 is 0 Å². The maximum Gasteiger partial charge on any atom is 0.260 e. The van der Waals surface area contributed by atoms with Crippen LogP contribution in [-0.4, -0.2) is 40.5 Å². The molecule has 0 unspecified atom stereocenters. The minimum absolute atomic E-state index is 0.161. The minimum Gasteiger partial charge on any atom is -0.287 e. The Kier molecular flexibility index (Phi) is 8.84. The normalized spacial score (nSPS) is 23.8. The van der Waals surface area contributed by atoms with Crippen molar-refractivity contribution in [2.75, 3.05) is 6.54 Å². The maximum absolute atomic E-state index is 14.4. The maximum atomic E-state index is 14.4. The fraction of sp³-hybridized carbons (Fsp3) is 0.600. The van der Waals surface area contributed by atoms with Crippen LogP contribution in [0.2, 0.25) is 0 Å². The molecular weight excluding hydrogens is 495 g/mol. The zero-order valence-electron chi connectivity index (χ0n) is 24.0. The van der Waals surface area contributed by atoms with Gasteiger partial charge in [-0.05, 0) is 79.6 Å².